The van der Waals surface area contributed by atoms with Gasteiger partial charge in [0, 0.05) is 35.7 Å². The molecule has 1 saturated heterocycles. The molecule has 3 aromatic rings. The van der Waals surface area contributed by atoms with Crippen molar-refractivity contribution in [1.82, 2.24) is 14.8 Å². The molecule has 4 rings (SSSR count). The average Bonchev–Trinajstić information content (AvgIpc) is 3.53. The second-order valence-corrected chi connectivity index (χ2v) is 13.9. The van der Waals surface area contributed by atoms with Gasteiger partial charge in [-0.25, -0.2) is 8.78 Å². The topological polar surface area (TPSA) is 144 Å². The molecule has 0 bridgehead atoms. The van der Waals surface area contributed by atoms with Gasteiger partial charge < -0.3 is 24.4 Å². The number of halogens is 3. The summed E-state index contributed by atoms with van der Waals surface area (Å²) in [7, 11) is -4.53. The molecule has 2 amide bonds. The van der Waals surface area contributed by atoms with Crippen molar-refractivity contribution in [2.75, 3.05) is 13.3 Å². The summed E-state index contributed by atoms with van der Waals surface area (Å²) in [4.78, 5) is 62.5. The Hall–Kier alpha value is -3.64. The molecule has 2 heterocycles. The normalized spacial score (nSPS) is 18.1. The lowest BCUT2D eigenvalue weighted by molar-refractivity contribution is -0.159. The molecule has 0 spiro atoms. The molecule has 2 aromatic carbocycles. The highest BCUT2D eigenvalue weighted by atomic mass is 35.5. The van der Waals surface area contributed by atoms with Crippen molar-refractivity contribution >= 4 is 59.0 Å². The van der Waals surface area contributed by atoms with Crippen LogP contribution in [0.15, 0.2) is 42.6 Å². The number of rotatable bonds is 10. The molecule has 11 nitrogen and oxygen atoms in total. The van der Waals surface area contributed by atoms with Gasteiger partial charge in [-0.15, -0.1) is 0 Å². The number of nitrogens with one attached hydrogen (secondary N) is 1. The van der Waals surface area contributed by atoms with Crippen LogP contribution >= 0.6 is 19.2 Å². The molecule has 3 unspecified atom stereocenters. The van der Waals surface area contributed by atoms with Crippen LogP contribution in [0.1, 0.15) is 50.0 Å². The molecule has 0 saturated carbocycles. The Morgan fingerprint density at radius 1 is 1.18 bits per heavy atom. The lowest BCUT2D eigenvalue weighted by atomic mass is 9.98. The Morgan fingerprint density at radius 3 is 2.56 bits per heavy atom. The monoisotopic (exact) mass is 667 g/mol. The van der Waals surface area contributed by atoms with Gasteiger partial charge in [0.05, 0.1) is 27.8 Å². The Balaban J connectivity index is 1.54. The molecule has 1 fully saturated rings. The quantitative estimate of drug-likeness (QED) is 0.141. The van der Waals surface area contributed by atoms with Crippen LogP contribution in [0.5, 0.6) is 0 Å². The Kier molecular flexibility index (Phi) is 10.2. The van der Waals surface area contributed by atoms with Crippen LogP contribution in [-0.4, -0.2) is 63.5 Å². The zero-order valence-corrected chi connectivity index (χ0v) is 26.7. The third kappa shape index (κ3) is 7.78. The molecular formula is C30H33ClF2N3O8P. The Morgan fingerprint density at radius 2 is 1.89 bits per heavy atom. The third-order valence-corrected chi connectivity index (χ3v) is 8.94. The number of amides is 2. The number of hydrogen-bond acceptors (Lipinski definition) is 7. The molecule has 1 aliphatic rings. The maximum atomic E-state index is 14.5. The second kappa shape index (κ2) is 13.4. The van der Waals surface area contributed by atoms with E-state index >= 15 is 0 Å². The molecule has 0 radical (unpaired) electrons. The number of esters is 1. The fourth-order valence-corrected chi connectivity index (χ4v) is 5.93. The third-order valence-electron chi connectivity index (χ3n) is 7.26. The summed E-state index contributed by atoms with van der Waals surface area (Å²) in [5, 5.41) is 2.59. The second-order valence-electron chi connectivity index (χ2n) is 11.7. The molecular weight excluding hydrogens is 635 g/mol. The molecule has 2 N–H and O–H groups in total. The first-order chi connectivity index (χ1) is 21.0. The van der Waals surface area contributed by atoms with Gasteiger partial charge in [0.15, 0.2) is 5.78 Å². The van der Waals surface area contributed by atoms with Gasteiger partial charge in [-0.2, -0.15) is 0 Å². The van der Waals surface area contributed by atoms with Crippen LogP contribution in [0.2, 0.25) is 5.02 Å². The van der Waals surface area contributed by atoms with Crippen molar-refractivity contribution in [2.45, 2.75) is 59.4 Å². The largest absolute Gasteiger partial charge is 0.438 e. The molecule has 1 aromatic heterocycles. The van der Waals surface area contributed by atoms with E-state index in [1.807, 2.05) is 0 Å². The summed E-state index contributed by atoms with van der Waals surface area (Å²) in [5.74, 6) is -3.02. The predicted molar refractivity (Wildman–Crippen MR) is 161 cm³/mol. The van der Waals surface area contributed by atoms with Crippen LogP contribution in [0.4, 0.5) is 8.78 Å². The molecule has 1 aliphatic heterocycles. The zero-order valence-electron chi connectivity index (χ0n) is 25.0. The summed E-state index contributed by atoms with van der Waals surface area (Å²) in [6, 6.07) is 7.11. The first-order valence-corrected chi connectivity index (χ1v) is 15.9. The van der Waals surface area contributed by atoms with Gasteiger partial charge in [0.1, 0.15) is 24.6 Å². The Labute approximate surface area is 262 Å². The summed E-state index contributed by atoms with van der Waals surface area (Å²) in [6.07, 6.45) is -0.364. The van der Waals surface area contributed by atoms with Gasteiger partial charge in [-0.05, 0) is 45.9 Å². The maximum Gasteiger partial charge on any atom is 0.361 e. The number of benzene rings is 2. The van der Waals surface area contributed by atoms with Crippen LogP contribution in [0.25, 0.3) is 10.9 Å². The van der Waals surface area contributed by atoms with E-state index in [0.717, 1.165) is 4.90 Å². The van der Waals surface area contributed by atoms with Crippen LogP contribution in [-0.2, 0) is 41.3 Å². The SMILES string of the molecule is CC(=O)c1cn(CC(=O)N2CC(F)CC2C(=O)NCc2cccc(Cl)c2F)c2cc(P(=O)(O)OCOC(=O)C(C)(C)C)ccc12. The molecule has 3 atom stereocenters. The summed E-state index contributed by atoms with van der Waals surface area (Å²) in [6.45, 7) is 4.32. The van der Waals surface area contributed by atoms with Gasteiger partial charge in [-0.1, -0.05) is 29.8 Å². The van der Waals surface area contributed by atoms with Crippen molar-refractivity contribution in [3.63, 3.8) is 0 Å². The minimum Gasteiger partial charge on any atom is -0.438 e. The molecule has 0 aliphatic carbocycles. The number of Topliss-reactive ketones (excluding diaryl/α,β-unsaturated/α-hetero) is 1. The number of carbonyl (C=O) groups excluding carboxylic acids is 4. The number of nitrogens with zero attached hydrogens (tertiary/aromatic N) is 2. The standard InChI is InChI=1S/C30H33ClF2N3O8P/c1-17(37)22-14-35(24-11-20(8-9-21(22)24)45(41,42)44-16-43-29(40)30(2,3)4)15-26(38)36-13-19(32)10-25(36)28(39)34-12-18-6-5-7-23(31)27(18)33/h5-9,11,14,19,25H,10,12-13,15-16H2,1-4H3,(H,34,39)(H,41,42). The van der Waals surface area contributed by atoms with Crippen molar-refractivity contribution < 1.29 is 46.7 Å². The van der Waals surface area contributed by atoms with E-state index in [1.54, 1.807) is 20.8 Å². The lowest BCUT2D eigenvalue weighted by Crippen LogP contribution is -2.46. The highest BCUT2D eigenvalue weighted by Gasteiger charge is 2.40. The number of fused-ring (bicyclic) bond motifs is 1. The predicted octanol–water partition coefficient (Wildman–Crippen LogP) is 4.27. The van der Waals surface area contributed by atoms with Crippen molar-refractivity contribution in [2.24, 2.45) is 5.41 Å². The maximum absolute atomic E-state index is 14.5. The van der Waals surface area contributed by atoms with Crippen LogP contribution in [0, 0.1) is 11.2 Å². The van der Waals surface area contributed by atoms with Crippen molar-refractivity contribution in [3.8, 4) is 0 Å². The number of carbonyl (C=O) groups is 4. The highest BCUT2D eigenvalue weighted by Crippen LogP contribution is 2.41. The Bertz CT molecular complexity index is 1710. The van der Waals surface area contributed by atoms with Gasteiger partial charge in [0.2, 0.25) is 18.6 Å². The smallest absolute Gasteiger partial charge is 0.361 e. The number of hydrogen-bond donors (Lipinski definition) is 2. The highest BCUT2D eigenvalue weighted by molar-refractivity contribution is 7.61. The minimum atomic E-state index is -4.53. The van der Waals surface area contributed by atoms with E-state index in [1.165, 1.54) is 54.1 Å². The van der Waals surface area contributed by atoms with Crippen LogP contribution < -0.4 is 10.6 Å². The summed E-state index contributed by atoms with van der Waals surface area (Å²) < 4.78 is 53.1. The van der Waals surface area contributed by atoms with Gasteiger partial charge >= 0.3 is 13.6 Å². The van der Waals surface area contributed by atoms with E-state index in [0.29, 0.717) is 5.39 Å². The van der Waals surface area contributed by atoms with E-state index in [4.69, 9.17) is 20.9 Å². The van der Waals surface area contributed by atoms with Crippen molar-refractivity contribution in [3.05, 3.63) is 64.6 Å². The van der Waals surface area contributed by atoms with E-state index in [-0.39, 0.29) is 52.3 Å². The van der Waals surface area contributed by atoms with Crippen molar-refractivity contribution in [1.29, 1.82) is 0 Å². The molecule has 15 heteroatoms. The fraction of sp³-hybridized carbons (Fsp3) is 0.400. The van der Waals surface area contributed by atoms with Gasteiger partial charge in [0.25, 0.3) is 0 Å². The van der Waals surface area contributed by atoms with E-state index in [2.05, 4.69) is 5.32 Å². The molecule has 45 heavy (non-hydrogen) atoms. The first kappa shape index (κ1) is 34.2. The van der Waals surface area contributed by atoms with E-state index < -0.39 is 62.2 Å². The summed E-state index contributed by atoms with van der Waals surface area (Å²) in [5.41, 5.74) is -0.292. The zero-order chi connectivity index (χ0) is 33.3. The lowest BCUT2D eigenvalue weighted by Gasteiger charge is -2.24. The van der Waals surface area contributed by atoms with Crippen LogP contribution in [0.3, 0.4) is 0 Å². The minimum absolute atomic E-state index is 0.118. The number of likely N-dealkylation sites (tertiary alicyclic amines) is 1. The number of ether oxygens (including phenoxy) is 1. The first-order valence-electron chi connectivity index (χ1n) is 13.9. The van der Waals surface area contributed by atoms with E-state index in [9.17, 15) is 37.4 Å². The average molecular weight is 668 g/mol. The summed E-state index contributed by atoms with van der Waals surface area (Å²) >= 11 is 5.80. The number of ketones is 1. The fourth-order valence-electron chi connectivity index (χ4n) is 4.84. The number of aromatic nitrogens is 1. The van der Waals surface area contributed by atoms with Gasteiger partial charge in [-0.3, -0.25) is 28.3 Å². The number of alkyl halides is 1. The molecule has 242 valence electrons.